The Bertz CT molecular complexity index is 1500. The molecule has 1 fully saturated rings. The number of carbonyl (C=O) groups is 1. The number of nitrogens with zero attached hydrogens (tertiary/aromatic N) is 2. The molecule has 0 atom stereocenters. The van der Waals surface area contributed by atoms with Gasteiger partial charge < -0.3 is 23.9 Å². The summed E-state index contributed by atoms with van der Waals surface area (Å²) in [5, 5.41) is 19.2. The number of nitrogens with one attached hydrogen (secondary N) is 1. The Kier molecular flexibility index (Phi) is 6.69. The van der Waals surface area contributed by atoms with E-state index in [1.807, 2.05) is 0 Å². The first-order valence-electron chi connectivity index (χ1n) is 12.8. The Morgan fingerprint density at radius 1 is 1.21 bits per heavy atom. The number of carboxylic acid groups (broad SMARTS) is 1. The van der Waals surface area contributed by atoms with Crippen LogP contribution in [0.5, 0.6) is 5.75 Å². The van der Waals surface area contributed by atoms with Crippen LogP contribution in [0.2, 0.25) is 0 Å². The number of benzene rings is 2. The van der Waals surface area contributed by atoms with Gasteiger partial charge >= 0.3 is 5.97 Å². The molecular formula is C29H34FN3O5. The van der Waals surface area contributed by atoms with Gasteiger partial charge in [-0.2, -0.15) is 5.10 Å². The first-order valence-corrected chi connectivity index (χ1v) is 12.8. The van der Waals surface area contributed by atoms with Crippen molar-refractivity contribution < 1.29 is 28.5 Å². The van der Waals surface area contributed by atoms with Crippen LogP contribution in [-0.4, -0.2) is 59.4 Å². The van der Waals surface area contributed by atoms with Gasteiger partial charge in [0.2, 0.25) is 0 Å². The van der Waals surface area contributed by atoms with Crippen LogP contribution in [0.3, 0.4) is 0 Å². The van der Waals surface area contributed by atoms with Crippen LogP contribution in [0, 0.1) is 5.82 Å². The lowest BCUT2D eigenvalue weighted by Crippen LogP contribution is -2.43. The minimum absolute atomic E-state index is 0.0928. The van der Waals surface area contributed by atoms with Gasteiger partial charge in [0.1, 0.15) is 0 Å². The van der Waals surface area contributed by atoms with E-state index in [1.54, 1.807) is 25.4 Å². The van der Waals surface area contributed by atoms with Crippen molar-refractivity contribution in [3.05, 3.63) is 53.6 Å². The van der Waals surface area contributed by atoms with Crippen molar-refractivity contribution in [1.29, 1.82) is 0 Å². The van der Waals surface area contributed by atoms with E-state index >= 15 is 0 Å². The molecule has 38 heavy (non-hydrogen) atoms. The van der Waals surface area contributed by atoms with Crippen LogP contribution in [0.1, 0.15) is 56.7 Å². The third kappa shape index (κ3) is 4.14. The van der Waals surface area contributed by atoms with Crippen molar-refractivity contribution in [2.24, 2.45) is 0 Å². The Hall–Kier alpha value is -3.43. The van der Waals surface area contributed by atoms with E-state index in [0.29, 0.717) is 32.3 Å². The highest BCUT2D eigenvalue weighted by Gasteiger charge is 2.44. The first-order chi connectivity index (χ1) is 18.2. The highest BCUT2D eigenvalue weighted by atomic mass is 19.1. The topological polar surface area (TPSA) is 98.6 Å². The third-order valence-electron chi connectivity index (χ3n) is 8.09. The molecule has 0 bridgehead atoms. The zero-order valence-corrected chi connectivity index (χ0v) is 22.4. The van der Waals surface area contributed by atoms with Gasteiger partial charge in [0, 0.05) is 47.9 Å². The van der Waals surface area contributed by atoms with Gasteiger partial charge in [-0.05, 0) is 61.4 Å². The number of aliphatic carboxylic acids is 1. The zero-order chi connectivity index (χ0) is 27.2. The van der Waals surface area contributed by atoms with Crippen molar-refractivity contribution in [2.45, 2.75) is 56.5 Å². The van der Waals surface area contributed by atoms with Gasteiger partial charge in [-0.1, -0.05) is 13.8 Å². The normalized spacial score (nSPS) is 20.3. The molecule has 4 aromatic rings. The minimum atomic E-state index is -1.17. The molecule has 202 valence electrons. The maximum atomic E-state index is 14.5. The number of hydrogen-bond donors (Lipinski definition) is 2. The molecule has 1 aliphatic rings. The fourth-order valence-electron chi connectivity index (χ4n) is 6.19. The van der Waals surface area contributed by atoms with Crippen molar-refractivity contribution >= 4 is 27.8 Å². The molecule has 0 amide bonds. The summed E-state index contributed by atoms with van der Waals surface area (Å²) in [7, 11) is 4.62. The smallest absolute Gasteiger partial charge is 0.335 e. The van der Waals surface area contributed by atoms with E-state index in [2.05, 4.69) is 40.7 Å². The molecule has 9 heteroatoms. The number of rotatable bonds is 8. The lowest BCUT2D eigenvalue weighted by Gasteiger charge is -2.37. The second-order valence-electron chi connectivity index (χ2n) is 10.8. The largest absolute Gasteiger partial charge is 0.494 e. The van der Waals surface area contributed by atoms with E-state index in [9.17, 15) is 14.3 Å². The molecule has 0 spiro atoms. The number of hydrogen-bond acceptors (Lipinski definition) is 5. The summed E-state index contributed by atoms with van der Waals surface area (Å²) < 4.78 is 33.2. The van der Waals surface area contributed by atoms with Gasteiger partial charge in [-0.25, -0.2) is 9.18 Å². The van der Waals surface area contributed by atoms with Crippen LogP contribution >= 0.6 is 0 Å². The molecule has 0 saturated heterocycles. The number of aromatic amines is 1. The van der Waals surface area contributed by atoms with E-state index in [4.69, 9.17) is 14.2 Å². The maximum absolute atomic E-state index is 14.5. The average molecular weight is 524 g/mol. The summed E-state index contributed by atoms with van der Waals surface area (Å²) in [6.07, 6.45) is 3.93. The fraction of sp³-hybridized carbons (Fsp3) is 0.448. The Labute approximate surface area is 220 Å². The molecule has 2 heterocycles. The number of halogens is 1. The number of methoxy groups -OCH3 is 3. The van der Waals surface area contributed by atoms with Crippen LogP contribution < -0.4 is 4.74 Å². The van der Waals surface area contributed by atoms with Crippen LogP contribution in [0.4, 0.5) is 4.39 Å². The molecule has 0 unspecified atom stereocenters. The molecule has 0 radical (unpaired) electrons. The Balaban J connectivity index is 1.81. The predicted octanol–water partition coefficient (Wildman–Crippen LogP) is 5.71. The van der Waals surface area contributed by atoms with Crippen molar-refractivity contribution in [2.75, 3.05) is 27.9 Å². The summed E-state index contributed by atoms with van der Waals surface area (Å²) in [6.45, 7) is 4.73. The van der Waals surface area contributed by atoms with Crippen LogP contribution in [0.15, 0.2) is 36.5 Å². The third-order valence-corrected chi connectivity index (χ3v) is 8.09. The summed E-state index contributed by atoms with van der Waals surface area (Å²) in [5.41, 5.74) is 3.25. The van der Waals surface area contributed by atoms with Crippen LogP contribution in [0.25, 0.3) is 27.5 Å². The van der Waals surface area contributed by atoms with Gasteiger partial charge in [0.25, 0.3) is 0 Å². The minimum Gasteiger partial charge on any atom is -0.494 e. The van der Waals surface area contributed by atoms with E-state index in [1.165, 1.54) is 20.3 Å². The first kappa shape index (κ1) is 26.2. The highest BCUT2D eigenvalue weighted by Crippen LogP contribution is 2.48. The lowest BCUT2D eigenvalue weighted by molar-refractivity contribution is -0.166. The summed E-state index contributed by atoms with van der Waals surface area (Å²) >= 11 is 0. The van der Waals surface area contributed by atoms with E-state index in [-0.39, 0.29) is 11.7 Å². The molecule has 2 aromatic carbocycles. The molecular weight excluding hydrogens is 489 g/mol. The summed E-state index contributed by atoms with van der Waals surface area (Å²) in [5.74, 6) is -1.09. The predicted molar refractivity (Wildman–Crippen MR) is 143 cm³/mol. The molecule has 2 N–H and O–H groups in total. The standard InChI is InChI=1S/C29H34FN3O5/c1-28(2,16-36-3)26-25(17-8-10-29(38-5,11-9-17)27(34)35)20-14-22-18(15-31-32-22)12-23(20)33(26)19-6-7-21(30)24(13-19)37-4/h6-7,12-15,17H,8-11,16H2,1-5H3,(H,31,32)(H,34,35)/t17-,29+. The quantitative estimate of drug-likeness (QED) is 0.307. The van der Waals surface area contributed by atoms with Gasteiger partial charge in [0.05, 0.1) is 30.9 Å². The molecule has 8 nitrogen and oxygen atoms in total. The van der Waals surface area contributed by atoms with Gasteiger partial charge in [0.15, 0.2) is 17.2 Å². The number of aromatic nitrogens is 3. The second kappa shape index (κ2) is 9.71. The fourth-order valence-corrected chi connectivity index (χ4v) is 6.19. The highest BCUT2D eigenvalue weighted by molar-refractivity contribution is 5.99. The van der Waals surface area contributed by atoms with Crippen LogP contribution in [-0.2, 0) is 19.7 Å². The Morgan fingerprint density at radius 2 is 1.95 bits per heavy atom. The number of carboxylic acids is 1. The number of fused-ring (bicyclic) bond motifs is 2. The SMILES string of the molecule is COCC(C)(C)c1c([C@H]2CC[C@](OC)(C(=O)O)CC2)c2cc3[nH]ncc3cc2n1-c1ccc(F)c(OC)c1. The average Bonchev–Trinajstić information content (AvgIpc) is 3.50. The second-order valence-corrected chi connectivity index (χ2v) is 10.8. The van der Waals surface area contributed by atoms with Crippen molar-refractivity contribution in [3.8, 4) is 11.4 Å². The van der Waals surface area contributed by atoms with Crippen molar-refractivity contribution in [1.82, 2.24) is 14.8 Å². The monoisotopic (exact) mass is 523 g/mol. The summed E-state index contributed by atoms with van der Waals surface area (Å²) in [4.78, 5) is 12.1. The maximum Gasteiger partial charge on any atom is 0.335 e. The lowest BCUT2D eigenvalue weighted by atomic mass is 9.73. The molecule has 1 saturated carbocycles. The van der Waals surface area contributed by atoms with Crippen molar-refractivity contribution in [3.63, 3.8) is 0 Å². The molecule has 0 aliphatic heterocycles. The zero-order valence-electron chi connectivity index (χ0n) is 22.4. The van der Waals surface area contributed by atoms with Gasteiger partial charge in [-0.3, -0.25) is 5.10 Å². The molecule has 5 rings (SSSR count). The van der Waals surface area contributed by atoms with E-state index in [0.717, 1.165) is 38.8 Å². The van der Waals surface area contributed by atoms with E-state index < -0.39 is 22.8 Å². The molecule has 2 aromatic heterocycles. The number of ether oxygens (including phenoxy) is 3. The Morgan fingerprint density at radius 3 is 2.58 bits per heavy atom. The summed E-state index contributed by atoms with van der Waals surface area (Å²) in [6, 6.07) is 9.11. The molecule has 1 aliphatic carbocycles. The number of H-pyrrole nitrogens is 1. The van der Waals surface area contributed by atoms with Gasteiger partial charge in [-0.15, -0.1) is 0 Å².